The molecule has 0 amide bonds. The molecular formula is C16H22N2. The molecule has 0 aliphatic carbocycles. The number of rotatable bonds is 5. The summed E-state index contributed by atoms with van der Waals surface area (Å²) in [6, 6.07) is 10.4. The number of fused-ring (bicyclic) bond motifs is 1. The van der Waals surface area contributed by atoms with Crippen LogP contribution in [0.1, 0.15) is 32.4 Å². The number of nitrogens with one attached hydrogen (secondary N) is 1. The molecule has 96 valence electrons. The first-order valence-electron chi connectivity index (χ1n) is 6.77. The molecule has 2 aromatic rings. The van der Waals surface area contributed by atoms with Gasteiger partial charge in [-0.1, -0.05) is 32.0 Å². The monoisotopic (exact) mass is 242 g/mol. The normalized spacial score (nSPS) is 11.1. The third kappa shape index (κ3) is 3.22. The molecule has 2 rings (SSSR count). The second-order valence-electron chi connectivity index (χ2n) is 5.29. The number of benzene rings is 1. The van der Waals surface area contributed by atoms with E-state index in [-0.39, 0.29) is 0 Å². The number of pyridine rings is 1. The third-order valence-electron chi connectivity index (χ3n) is 3.12. The second-order valence-corrected chi connectivity index (χ2v) is 5.29. The fraction of sp³-hybridized carbons (Fsp3) is 0.438. The molecule has 18 heavy (non-hydrogen) atoms. The molecule has 0 aliphatic rings. The molecule has 1 heterocycles. The van der Waals surface area contributed by atoms with Crippen molar-refractivity contribution in [1.29, 1.82) is 0 Å². The number of anilines is 1. The minimum Gasteiger partial charge on any atom is -0.384 e. The zero-order valence-electron chi connectivity index (χ0n) is 11.5. The molecular weight excluding hydrogens is 220 g/mol. The Morgan fingerprint density at radius 1 is 1.22 bits per heavy atom. The lowest BCUT2D eigenvalue weighted by Gasteiger charge is -2.11. The van der Waals surface area contributed by atoms with E-state index in [0.717, 1.165) is 23.7 Å². The predicted molar refractivity (Wildman–Crippen MR) is 79.0 cm³/mol. The lowest BCUT2D eigenvalue weighted by Crippen LogP contribution is -2.04. The quantitative estimate of drug-likeness (QED) is 0.786. The molecule has 0 atom stereocenters. The van der Waals surface area contributed by atoms with Gasteiger partial charge < -0.3 is 5.32 Å². The summed E-state index contributed by atoms with van der Waals surface area (Å²) in [5.41, 5.74) is 3.35. The Labute approximate surface area is 109 Å². The van der Waals surface area contributed by atoms with Crippen LogP contribution in [-0.4, -0.2) is 11.5 Å². The molecule has 0 aliphatic heterocycles. The highest BCUT2D eigenvalue weighted by atomic mass is 14.9. The fourth-order valence-corrected chi connectivity index (χ4v) is 2.19. The van der Waals surface area contributed by atoms with E-state index in [1.165, 1.54) is 23.9 Å². The number of hydrogen-bond donors (Lipinski definition) is 1. The Balaban J connectivity index is 2.12. The molecule has 0 saturated heterocycles. The Hall–Kier alpha value is -1.57. The number of aromatic nitrogens is 1. The van der Waals surface area contributed by atoms with Gasteiger partial charge in [-0.15, -0.1) is 0 Å². The van der Waals surface area contributed by atoms with Gasteiger partial charge >= 0.3 is 0 Å². The van der Waals surface area contributed by atoms with Crippen LogP contribution in [0.3, 0.4) is 0 Å². The highest BCUT2D eigenvalue weighted by molar-refractivity contribution is 5.91. The lowest BCUT2D eigenvalue weighted by atomic mass is 10.1. The van der Waals surface area contributed by atoms with E-state index < -0.39 is 0 Å². The summed E-state index contributed by atoms with van der Waals surface area (Å²) in [7, 11) is 0. The SMILES string of the molecule is Cc1cc(NCCCC(C)C)c2ccccc2n1. The zero-order valence-corrected chi connectivity index (χ0v) is 11.5. The van der Waals surface area contributed by atoms with Crippen LogP contribution >= 0.6 is 0 Å². The van der Waals surface area contributed by atoms with Gasteiger partial charge in [-0.25, -0.2) is 0 Å². The van der Waals surface area contributed by atoms with E-state index in [9.17, 15) is 0 Å². The van der Waals surface area contributed by atoms with Gasteiger partial charge in [-0.05, 0) is 37.8 Å². The molecule has 0 bridgehead atoms. The molecule has 0 saturated carbocycles. The van der Waals surface area contributed by atoms with Gasteiger partial charge in [0.15, 0.2) is 0 Å². The van der Waals surface area contributed by atoms with Crippen LogP contribution in [-0.2, 0) is 0 Å². The number of para-hydroxylation sites is 1. The van der Waals surface area contributed by atoms with Gasteiger partial charge in [0, 0.05) is 23.3 Å². The molecule has 0 unspecified atom stereocenters. The van der Waals surface area contributed by atoms with Crippen molar-refractivity contribution in [3.05, 3.63) is 36.0 Å². The van der Waals surface area contributed by atoms with Crippen LogP contribution in [0.15, 0.2) is 30.3 Å². The summed E-state index contributed by atoms with van der Waals surface area (Å²) in [6.07, 6.45) is 2.49. The van der Waals surface area contributed by atoms with Crippen LogP contribution in [0.2, 0.25) is 0 Å². The Morgan fingerprint density at radius 3 is 2.78 bits per heavy atom. The number of aryl methyl sites for hydroxylation is 1. The minimum atomic E-state index is 0.780. The number of nitrogens with zero attached hydrogens (tertiary/aromatic N) is 1. The maximum Gasteiger partial charge on any atom is 0.0725 e. The Morgan fingerprint density at radius 2 is 2.00 bits per heavy atom. The number of hydrogen-bond acceptors (Lipinski definition) is 2. The van der Waals surface area contributed by atoms with Gasteiger partial charge in [0.1, 0.15) is 0 Å². The van der Waals surface area contributed by atoms with Crippen molar-refractivity contribution in [2.75, 3.05) is 11.9 Å². The first-order chi connectivity index (χ1) is 8.66. The van der Waals surface area contributed by atoms with Crippen molar-refractivity contribution in [3.63, 3.8) is 0 Å². The highest BCUT2D eigenvalue weighted by Gasteiger charge is 2.03. The average Bonchev–Trinajstić information content (AvgIpc) is 2.34. The van der Waals surface area contributed by atoms with E-state index in [1.807, 2.05) is 13.0 Å². The van der Waals surface area contributed by atoms with Crippen LogP contribution in [0.4, 0.5) is 5.69 Å². The summed E-state index contributed by atoms with van der Waals surface area (Å²) in [6.45, 7) is 7.62. The largest absolute Gasteiger partial charge is 0.384 e. The van der Waals surface area contributed by atoms with Crippen molar-refractivity contribution < 1.29 is 0 Å². The molecule has 1 aromatic heterocycles. The van der Waals surface area contributed by atoms with Crippen molar-refractivity contribution in [1.82, 2.24) is 4.98 Å². The van der Waals surface area contributed by atoms with Gasteiger partial charge in [-0.2, -0.15) is 0 Å². The van der Waals surface area contributed by atoms with Crippen molar-refractivity contribution in [3.8, 4) is 0 Å². The topological polar surface area (TPSA) is 24.9 Å². The van der Waals surface area contributed by atoms with Crippen LogP contribution in [0, 0.1) is 12.8 Å². The Kier molecular flexibility index (Phi) is 4.19. The minimum absolute atomic E-state index is 0.780. The van der Waals surface area contributed by atoms with Crippen molar-refractivity contribution >= 4 is 16.6 Å². The van der Waals surface area contributed by atoms with Crippen LogP contribution in [0.5, 0.6) is 0 Å². The third-order valence-corrected chi connectivity index (χ3v) is 3.12. The summed E-state index contributed by atoms with van der Waals surface area (Å²) < 4.78 is 0. The average molecular weight is 242 g/mol. The van der Waals surface area contributed by atoms with E-state index in [4.69, 9.17) is 0 Å². The maximum absolute atomic E-state index is 4.55. The molecule has 2 heteroatoms. The van der Waals surface area contributed by atoms with Gasteiger partial charge in [0.05, 0.1) is 5.52 Å². The summed E-state index contributed by atoms with van der Waals surface area (Å²) in [4.78, 5) is 4.55. The summed E-state index contributed by atoms with van der Waals surface area (Å²) >= 11 is 0. The van der Waals surface area contributed by atoms with Gasteiger partial charge in [0.2, 0.25) is 0 Å². The van der Waals surface area contributed by atoms with E-state index >= 15 is 0 Å². The Bertz CT molecular complexity index is 517. The first-order valence-corrected chi connectivity index (χ1v) is 6.77. The maximum atomic E-state index is 4.55. The van der Waals surface area contributed by atoms with Crippen molar-refractivity contribution in [2.45, 2.75) is 33.6 Å². The van der Waals surface area contributed by atoms with E-state index in [1.54, 1.807) is 0 Å². The summed E-state index contributed by atoms with van der Waals surface area (Å²) in [5, 5.41) is 4.76. The second kappa shape index (κ2) is 5.85. The molecule has 2 nitrogen and oxygen atoms in total. The van der Waals surface area contributed by atoms with Gasteiger partial charge in [0.25, 0.3) is 0 Å². The van der Waals surface area contributed by atoms with Crippen LogP contribution < -0.4 is 5.32 Å². The lowest BCUT2D eigenvalue weighted by molar-refractivity contribution is 0.567. The van der Waals surface area contributed by atoms with E-state index in [0.29, 0.717) is 0 Å². The molecule has 0 radical (unpaired) electrons. The zero-order chi connectivity index (χ0) is 13.0. The fourth-order valence-electron chi connectivity index (χ4n) is 2.19. The van der Waals surface area contributed by atoms with E-state index in [2.05, 4.69) is 48.4 Å². The molecule has 0 spiro atoms. The van der Waals surface area contributed by atoms with Gasteiger partial charge in [-0.3, -0.25) is 4.98 Å². The molecule has 1 N–H and O–H groups in total. The van der Waals surface area contributed by atoms with Crippen LogP contribution in [0.25, 0.3) is 10.9 Å². The van der Waals surface area contributed by atoms with Crippen molar-refractivity contribution in [2.24, 2.45) is 5.92 Å². The molecule has 1 aromatic carbocycles. The highest BCUT2D eigenvalue weighted by Crippen LogP contribution is 2.22. The first kappa shape index (κ1) is 12.9. The smallest absolute Gasteiger partial charge is 0.0725 e. The predicted octanol–water partition coefficient (Wildman–Crippen LogP) is 4.39. The summed E-state index contributed by atoms with van der Waals surface area (Å²) in [5.74, 6) is 0.780. The molecule has 0 fully saturated rings. The standard InChI is InChI=1S/C16H22N2/c1-12(2)7-6-10-17-16-11-13(3)18-15-9-5-4-8-14(15)16/h4-5,8-9,11-12H,6-7,10H2,1-3H3,(H,17,18).